The lowest BCUT2D eigenvalue weighted by Crippen LogP contribution is -1.62. The van der Waals surface area contributed by atoms with Crippen LogP contribution in [-0.4, -0.2) is 4.30 Å². The van der Waals surface area contributed by atoms with Crippen LogP contribution in [0.3, 0.4) is 0 Å². The predicted molar refractivity (Wildman–Crippen MR) is 52.5 cm³/mol. The Bertz CT molecular complexity index is 169. The summed E-state index contributed by atoms with van der Waals surface area (Å²) in [5, 5.41) is 0. The molecule has 0 aliphatic rings. The number of aryl methyl sites for hydroxylation is 1. The van der Waals surface area contributed by atoms with E-state index < -0.39 is 4.30 Å². The highest BCUT2D eigenvalue weighted by atomic mass is 35.6. The van der Waals surface area contributed by atoms with Crippen LogP contribution in [0.1, 0.15) is 5.56 Å². The van der Waals surface area contributed by atoms with Gasteiger partial charge in [0.15, 0.2) is 4.30 Å². The number of benzene rings is 1. The first-order valence-corrected chi connectivity index (χ1v) is 4.37. The van der Waals surface area contributed by atoms with E-state index in [1.165, 1.54) is 5.56 Å². The van der Waals surface area contributed by atoms with E-state index in [0.29, 0.717) is 0 Å². The number of rotatable bonds is 0. The van der Waals surface area contributed by atoms with Gasteiger partial charge in [0.2, 0.25) is 0 Å². The van der Waals surface area contributed by atoms with Gasteiger partial charge in [-0.1, -0.05) is 70.7 Å². The summed E-state index contributed by atoms with van der Waals surface area (Å²) in [5.41, 5.74) is 1.32. The zero-order chi connectivity index (χ0) is 8.69. The maximum absolute atomic E-state index is 4.81. The molecule has 0 aliphatic carbocycles. The fourth-order valence-corrected chi connectivity index (χ4v) is 0.534. The molecule has 11 heavy (non-hydrogen) atoms. The first-order chi connectivity index (χ1) is 5.13. The second-order valence-electron chi connectivity index (χ2n) is 1.90. The fraction of sp³-hybridized carbons (Fsp3) is 0.250. The molecule has 0 heterocycles. The number of halogens is 3. The molecule has 1 aromatic carbocycles. The third-order valence-electron chi connectivity index (χ3n) is 0.940. The van der Waals surface area contributed by atoms with Crippen LogP contribution in [0.4, 0.5) is 0 Å². The average molecular weight is 212 g/mol. The van der Waals surface area contributed by atoms with Crippen molar-refractivity contribution in [1.29, 1.82) is 0 Å². The Morgan fingerprint density at radius 2 is 1.36 bits per heavy atom. The average Bonchev–Trinajstić information content (AvgIpc) is 1.87. The first kappa shape index (κ1) is 11.1. The summed E-state index contributed by atoms with van der Waals surface area (Å²) in [6.45, 7) is 2.08. The largest absolute Gasteiger partial charge is 0.180 e. The van der Waals surface area contributed by atoms with Gasteiger partial charge < -0.3 is 0 Å². The third-order valence-corrected chi connectivity index (χ3v) is 0.940. The summed E-state index contributed by atoms with van der Waals surface area (Å²) < 4.78 is -0.750. The molecule has 3 heteroatoms. The first-order valence-electron chi connectivity index (χ1n) is 3.07. The molecule has 0 unspecified atom stereocenters. The molecule has 0 nitrogen and oxygen atoms in total. The molecule has 0 atom stereocenters. The van der Waals surface area contributed by atoms with Gasteiger partial charge in [0, 0.05) is 0 Å². The van der Waals surface area contributed by atoms with Gasteiger partial charge in [0.05, 0.1) is 0 Å². The molecule has 0 N–H and O–H groups in total. The van der Waals surface area contributed by atoms with Crippen molar-refractivity contribution < 1.29 is 0 Å². The molecule has 0 saturated heterocycles. The van der Waals surface area contributed by atoms with Crippen molar-refractivity contribution in [3.63, 3.8) is 0 Å². The smallest absolute Gasteiger partial charge is 0.0874 e. The van der Waals surface area contributed by atoms with Crippen LogP contribution in [0.2, 0.25) is 0 Å². The summed E-state index contributed by atoms with van der Waals surface area (Å²) in [7, 11) is 0. The zero-order valence-electron chi connectivity index (χ0n) is 6.10. The number of hydrogen-bond acceptors (Lipinski definition) is 0. The van der Waals surface area contributed by atoms with Gasteiger partial charge in [0.1, 0.15) is 0 Å². The van der Waals surface area contributed by atoms with E-state index in [1.807, 2.05) is 18.2 Å². The van der Waals surface area contributed by atoms with Crippen molar-refractivity contribution >= 4 is 34.8 Å². The Labute approximate surface area is 82.1 Å². The Hall–Kier alpha value is 0.0900. The van der Waals surface area contributed by atoms with Gasteiger partial charge in [0.25, 0.3) is 0 Å². The van der Waals surface area contributed by atoms with Crippen LogP contribution in [0.15, 0.2) is 30.3 Å². The van der Waals surface area contributed by atoms with E-state index in [1.54, 1.807) is 0 Å². The predicted octanol–water partition coefficient (Wildman–Crippen LogP) is 3.98. The molecule has 0 radical (unpaired) electrons. The van der Waals surface area contributed by atoms with Gasteiger partial charge in [-0.3, -0.25) is 0 Å². The second kappa shape index (κ2) is 6.78. The molecule has 1 aromatic rings. The highest BCUT2D eigenvalue weighted by Gasteiger charge is 1.78. The van der Waals surface area contributed by atoms with Crippen molar-refractivity contribution in [2.45, 2.75) is 11.2 Å². The molecular formula is C8H9Cl3. The SMILES string of the molecule is Cc1ccccc1.ClC(Cl)Cl. The van der Waals surface area contributed by atoms with Gasteiger partial charge in [-0.05, 0) is 6.92 Å². The Kier molecular flexibility index (Phi) is 6.83. The summed E-state index contributed by atoms with van der Waals surface area (Å²) in [5.74, 6) is 0. The Morgan fingerprint density at radius 3 is 1.55 bits per heavy atom. The van der Waals surface area contributed by atoms with Crippen LogP contribution >= 0.6 is 34.8 Å². The standard InChI is InChI=1S/C7H8.CHCl3/c1-7-5-3-2-4-6-7;2-1(3)4/h2-6H,1H3;1H. The summed E-state index contributed by atoms with van der Waals surface area (Å²) >= 11 is 14.4. The van der Waals surface area contributed by atoms with Crippen LogP contribution < -0.4 is 0 Å². The van der Waals surface area contributed by atoms with E-state index in [-0.39, 0.29) is 0 Å². The third kappa shape index (κ3) is 10.1. The van der Waals surface area contributed by atoms with E-state index in [4.69, 9.17) is 34.8 Å². The maximum Gasteiger partial charge on any atom is 0.180 e. The molecule has 0 aromatic heterocycles. The normalized spacial score (nSPS) is 8.82. The number of alkyl halides is 3. The monoisotopic (exact) mass is 210 g/mol. The van der Waals surface area contributed by atoms with Crippen LogP contribution in [-0.2, 0) is 0 Å². The van der Waals surface area contributed by atoms with E-state index in [0.717, 1.165) is 0 Å². The maximum atomic E-state index is 4.81. The van der Waals surface area contributed by atoms with Crippen molar-refractivity contribution in [3.05, 3.63) is 35.9 Å². The quantitative estimate of drug-likeness (QED) is 0.570. The number of hydrogen-bond donors (Lipinski definition) is 0. The van der Waals surface area contributed by atoms with Crippen LogP contribution in [0.5, 0.6) is 0 Å². The van der Waals surface area contributed by atoms with Gasteiger partial charge in [-0.2, -0.15) is 0 Å². The molecule has 0 spiro atoms. The lowest BCUT2D eigenvalue weighted by molar-refractivity contribution is 1.48. The lowest BCUT2D eigenvalue weighted by Gasteiger charge is -1.82. The highest BCUT2D eigenvalue weighted by molar-refractivity contribution is 6.63. The molecule has 62 valence electrons. The molecule has 0 saturated carbocycles. The molecule has 0 aliphatic heterocycles. The van der Waals surface area contributed by atoms with Crippen molar-refractivity contribution in [2.24, 2.45) is 0 Å². The fourth-order valence-electron chi connectivity index (χ4n) is 0.534. The Morgan fingerprint density at radius 1 is 1.00 bits per heavy atom. The minimum atomic E-state index is -0.750. The molecule has 0 fully saturated rings. The summed E-state index contributed by atoms with van der Waals surface area (Å²) in [6.07, 6.45) is 0. The summed E-state index contributed by atoms with van der Waals surface area (Å²) in [6, 6.07) is 10.3. The Balaban J connectivity index is 0.000000218. The zero-order valence-corrected chi connectivity index (χ0v) is 8.37. The molecule has 1 rings (SSSR count). The second-order valence-corrected chi connectivity index (χ2v) is 3.88. The summed E-state index contributed by atoms with van der Waals surface area (Å²) in [4.78, 5) is 0. The molecule has 0 amide bonds. The van der Waals surface area contributed by atoms with Crippen molar-refractivity contribution in [3.8, 4) is 0 Å². The van der Waals surface area contributed by atoms with Gasteiger partial charge >= 0.3 is 0 Å². The topological polar surface area (TPSA) is 0 Å². The van der Waals surface area contributed by atoms with Gasteiger partial charge in [-0.15, -0.1) is 0 Å². The molecule has 0 bridgehead atoms. The lowest BCUT2D eigenvalue weighted by atomic mass is 10.2. The van der Waals surface area contributed by atoms with Gasteiger partial charge in [-0.25, -0.2) is 0 Å². The highest BCUT2D eigenvalue weighted by Crippen LogP contribution is 2.03. The minimum Gasteiger partial charge on any atom is -0.0874 e. The van der Waals surface area contributed by atoms with E-state index >= 15 is 0 Å². The van der Waals surface area contributed by atoms with Crippen LogP contribution in [0, 0.1) is 6.92 Å². The van der Waals surface area contributed by atoms with E-state index in [9.17, 15) is 0 Å². The van der Waals surface area contributed by atoms with E-state index in [2.05, 4.69) is 19.1 Å². The minimum absolute atomic E-state index is 0.750. The van der Waals surface area contributed by atoms with Crippen LogP contribution in [0.25, 0.3) is 0 Å². The van der Waals surface area contributed by atoms with Crippen molar-refractivity contribution in [1.82, 2.24) is 0 Å². The van der Waals surface area contributed by atoms with Crippen molar-refractivity contribution in [2.75, 3.05) is 0 Å². The molecular weight excluding hydrogens is 202 g/mol.